The number of nitrogens with one attached hydrogen (secondary N) is 2. The van der Waals surface area contributed by atoms with E-state index in [9.17, 15) is 4.79 Å². The maximum Gasteiger partial charge on any atom is 0.345 e. The molecule has 7 nitrogen and oxygen atoms in total. The summed E-state index contributed by atoms with van der Waals surface area (Å²) in [7, 11) is 1.78. The minimum Gasteiger partial charge on any atom is -0.356 e. The molecular weight excluding hydrogens is 360 g/mol. The first-order valence-electron chi connectivity index (χ1n) is 9.66. The highest BCUT2D eigenvalue weighted by Gasteiger charge is 2.22. The quantitative estimate of drug-likeness (QED) is 0.431. The number of aromatic nitrogens is 3. The summed E-state index contributed by atoms with van der Waals surface area (Å²) in [4.78, 5) is 18.0. The molecule has 0 unspecified atom stereocenters. The van der Waals surface area contributed by atoms with Crippen LogP contribution in [0.2, 0.25) is 0 Å². The third-order valence-electron chi connectivity index (χ3n) is 4.98. The van der Waals surface area contributed by atoms with Crippen LogP contribution in [0.3, 0.4) is 0 Å². The third kappa shape index (κ3) is 4.80. The molecule has 0 amide bonds. The van der Waals surface area contributed by atoms with Crippen LogP contribution in [0.4, 0.5) is 0 Å². The molecule has 2 aromatic heterocycles. The van der Waals surface area contributed by atoms with Gasteiger partial charge >= 0.3 is 5.69 Å². The first-order chi connectivity index (χ1) is 13.0. The molecule has 0 bridgehead atoms. The van der Waals surface area contributed by atoms with Gasteiger partial charge in [-0.2, -0.15) is 5.10 Å². The van der Waals surface area contributed by atoms with Gasteiger partial charge in [-0.15, -0.1) is 11.3 Å². The van der Waals surface area contributed by atoms with Crippen LogP contribution in [0, 0.1) is 0 Å². The number of aryl methyl sites for hydroxylation is 2. The molecule has 0 saturated carbocycles. The Morgan fingerprint density at radius 2 is 2.22 bits per heavy atom. The van der Waals surface area contributed by atoms with Gasteiger partial charge in [0.15, 0.2) is 5.96 Å². The number of thiophene rings is 1. The predicted molar refractivity (Wildman–Crippen MR) is 111 cm³/mol. The molecule has 1 aliphatic rings. The van der Waals surface area contributed by atoms with Crippen molar-refractivity contribution in [1.82, 2.24) is 25.0 Å². The lowest BCUT2D eigenvalue weighted by molar-refractivity contribution is 0.507. The molecule has 1 aliphatic heterocycles. The van der Waals surface area contributed by atoms with Gasteiger partial charge < -0.3 is 10.6 Å². The van der Waals surface area contributed by atoms with E-state index in [4.69, 9.17) is 0 Å². The summed E-state index contributed by atoms with van der Waals surface area (Å²) >= 11 is 1.78. The first kappa shape index (κ1) is 19.7. The van der Waals surface area contributed by atoms with Gasteiger partial charge in [0.25, 0.3) is 0 Å². The fourth-order valence-corrected chi connectivity index (χ4v) is 4.16. The number of guanidine groups is 1. The number of nitrogens with zero attached hydrogens (tertiary/aromatic N) is 4. The lowest BCUT2D eigenvalue weighted by atomic mass is 9.91. The van der Waals surface area contributed by atoms with Crippen molar-refractivity contribution in [3.05, 3.63) is 38.7 Å². The Morgan fingerprint density at radius 1 is 1.37 bits per heavy atom. The fraction of sp³-hybridized carbons (Fsp3) is 0.632. The van der Waals surface area contributed by atoms with Crippen molar-refractivity contribution in [2.45, 2.75) is 58.0 Å². The number of hydrogen-bond acceptors (Lipinski definition) is 4. The van der Waals surface area contributed by atoms with Crippen molar-refractivity contribution >= 4 is 17.3 Å². The molecule has 8 heteroatoms. The zero-order valence-electron chi connectivity index (χ0n) is 16.5. The third-order valence-corrected chi connectivity index (χ3v) is 6.22. The molecule has 0 fully saturated rings. The van der Waals surface area contributed by atoms with E-state index in [1.807, 2.05) is 4.57 Å². The minimum atomic E-state index is 0.0323. The second-order valence-corrected chi connectivity index (χ2v) is 8.55. The summed E-state index contributed by atoms with van der Waals surface area (Å²) in [5.74, 6) is 1.73. The highest BCUT2D eigenvalue weighted by molar-refractivity contribution is 7.10. The molecule has 0 atom stereocenters. The van der Waals surface area contributed by atoms with Crippen molar-refractivity contribution in [1.29, 1.82) is 0 Å². The van der Waals surface area contributed by atoms with Crippen molar-refractivity contribution in [3.63, 3.8) is 0 Å². The fourth-order valence-electron chi connectivity index (χ4n) is 3.31. The van der Waals surface area contributed by atoms with E-state index in [0.29, 0.717) is 6.54 Å². The molecule has 0 aliphatic carbocycles. The van der Waals surface area contributed by atoms with Gasteiger partial charge in [0.05, 0.1) is 0 Å². The Hall–Kier alpha value is -2.09. The second-order valence-electron chi connectivity index (χ2n) is 7.60. The first-order valence-corrected chi connectivity index (χ1v) is 10.5. The number of hydrogen-bond donors (Lipinski definition) is 2. The molecule has 3 rings (SSSR count). The molecule has 2 N–H and O–H groups in total. The molecule has 27 heavy (non-hydrogen) atoms. The maximum absolute atomic E-state index is 12.3. The van der Waals surface area contributed by atoms with E-state index in [1.54, 1.807) is 23.1 Å². The lowest BCUT2D eigenvalue weighted by Gasteiger charge is -2.25. The molecule has 3 heterocycles. The Balaban J connectivity index is 1.44. The summed E-state index contributed by atoms with van der Waals surface area (Å²) in [6, 6.07) is 4.26. The normalized spacial score (nSPS) is 14.9. The average molecular weight is 391 g/mol. The Labute approximate surface area is 164 Å². The SMILES string of the molecule is CN=C(NCCCn1nc2n(c1=O)CCCC2)NCC(C)(C)c1cccs1. The van der Waals surface area contributed by atoms with Gasteiger partial charge in [-0.1, -0.05) is 19.9 Å². The molecule has 148 valence electrons. The minimum absolute atomic E-state index is 0.0323. The van der Waals surface area contributed by atoms with Crippen LogP contribution in [-0.4, -0.2) is 40.4 Å². The van der Waals surface area contributed by atoms with E-state index in [1.165, 1.54) is 4.88 Å². The smallest absolute Gasteiger partial charge is 0.345 e. The van der Waals surface area contributed by atoms with Gasteiger partial charge in [0, 0.05) is 49.9 Å². The number of rotatable bonds is 7. The summed E-state index contributed by atoms with van der Waals surface area (Å²) in [5.41, 5.74) is 0.0825. The summed E-state index contributed by atoms with van der Waals surface area (Å²) in [5, 5.41) is 13.3. The average Bonchev–Trinajstić information content (AvgIpc) is 3.31. The lowest BCUT2D eigenvalue weighted by Crippen LogP contribution is -2.43. The predicted octanol–water partition coefficient (Wildman–Crippen LogP) is 1.98. The van der Waals surface area contributed by atoms with Gasteiger partial charge in [-0.3, -0.25) is 9.56 Å². The van der Waals surface area contributed by atoms with Gasteiger partial charge in [0.2, 0.25) is 0 Å². The van der Waals surface area contributed by atoms with E-state index >= 15 is 0 Å². The van der Waals surface area contributed by atoms with Gasteiger partial charge in [-0.25, -0.2) is 9.48 Å². The van der Waals surface area contributed by atoms with Gasteiger partial charge in [0.1, 0.15) is 5.82 Å². The van der Waals surface area contributed by atoms with Crippen LogP contribution in [-0.2, 0) is 24.9 Å². The summed E-state index contributed by atoms with van der Waals surface area (Å²) in [6.07, 6.45) is 3.94. The summed E-state index contributed by atoms with van der Waals surface area (Å²) < 4.78 is 3.43. The maximum atomic E-state index is 12.3. The Morgan fingerprint density at radius 3 is 2.93 bits per heavy atom. The molecule has 0 spiro atoms. The highest BCUT2D eigenvalue weighted by atomic mass is 32.1. The zero-order chi connectivity index (χ0) is 19.3. The standard InChI is InChI=1S/C19H30N6OS/c1-19(2,15-8-6-13-27-15)14-22-17(20-3)21-10-7-12-25-18(26)24-11-5-4-9-16(24)23-25/h6,8,13H,4-5,7,9-12,14H2,1-3H3,(H2,20,21,22). The van der Waals surface area contributed by atoms with Crippen LogP contribution in [0.5, 0.6) is 0 Å². The van der Waals surface area contributed by atoms with Crippen molar-refractivity contribution in [3.8, 4) is 0 Å². The largest absolute Gasteiger partial charge is 0.356 e. The van der Waals surface area contributed by atoms with Crippen LogP contribution < -0.4 is 16.3 Å². The number of aliphatic imine (C=N–C) groups is 1. The molecule has 0 radical (unpaired) electrons. The second kappa shape index (κ2) is 8.73. The van der Waals surface area contributed by atoms with Crippen LogP contribution in [0.1, 0.15) is 43.8 Å². The topological polar surface area (TPSA) is 76.2 Å². The van der Waals surface area contributed by atoms with E-state index in [-0.39, 0.29) is 11.1 Å². The molecule has 2 aromatic rings. The van der Waals surface area contributed by atoms with Gasteiger partial charge in [-0.05, 0) is 30.7 Å². The molecule has 0 saturated heterocycles. The van der Waals surface area contributed by atoms with E-state index < -0.39 is 0 Å². The Bertz CT molecular complexity index is 818. The highest BCUT2D eigenvalue weighted by Crippen LogP contribution is 2.26. The van der Waals surface area contributed by atoms with Crippen LogP contribution in [0.25, 0.3) is 0 Å². The number of fused-ring (bicyclic) bond motifs is 1. The van der Waals surface area contributed by atoms with E-state index in [2.05, 4.69) is 52.1 Å². The summed E-state index contributed by atoms with van der Waals surface area (Å²) in [6.45, 7) is 7.44. The molecule has 0 aromatic carbocycles. The molecular formula is C19H30N6OS. The monoisotopic (exact) mass is 390 g/mol. The van der Waals surface area contributed by atoms with E-state index in [0.717, 1.165) is 57.1 Å². The van der Waals surface area contributed by atoms with Crippen molar-refractivity contribution in [2.75, 3.05) is 20.1 Å². The van der Waals surface area contributed by atoms with Crippen molar-refractivity contribution in [2.24, 2.45) is 4.99 Å². The van der Waals surface area contributed by atoms with Crippen LogP contribution in [0.15, 0.2) is 27.3 Å². The Kier molecular flexibility index (Phi) is 6.36. The zero-order valence-corrected chi connectivity index (χ0v) is 17.3. The van der Waals surface area contributed by atoms with Crippen molar-refractivity contribution < 1.29 is 0 Å². The van der Waals surface area contributed by atoms with Crippen LogP contribution >= 0.6 is 11.3 Å².